The zero-order valence-corrected chi connectivity index (χ0v) is 13.3. The summed E-state index contributed by atoms with van der Waals surface area (Å²) in [5, 5.41) is 0. The molecule has 2 spiro atoms. The van der Waals surface area contributed by atoms with Crippen molar-refractivity contribution in [2.24, 2.45) is 5.92 Å². The summed E-state index contributed by atoms with van der Waals surface area (Å²) in [5.74, 6) is 0.944. The molecule has 1 aromatic carbocycles. The van der Waals surface area contributed by atoms with Crippen LogP contribution in [-0.4, -0.2) is 29.8 Å². The molecule has 0 aromatic heterocycles. The average molecular weight is 285 g/mol. The molecule has 106 valence electrons. The molecular formula is C18H23NS. The van der Waals surface area contributed by atoms with Crippen LogP contribution in [0.15, 0.2) is 23.1 Å². The van der Waals surface area contributed by atoms with Gasteiger partial charge in [-0.1, -0.05) is 18.9 Å². The third-order valence-corrected chi connectivity index (χ3v) is 7.78. The Morgan fingerprint density at radius 1 is 1.30 bits per heavy atom. The van der Waals surface area contributed by atoms with Gasteiger partial charge in [-0.05, 0) is 68.2 Å². The third-order valence-electron chi connectivity index (χ3n) is 7.05. The molecule has 1 aliphatic heterocycles. The van der Waals surface area contributed by atoms with Crippen LogP contribution in [0.5, 0.6) is 0 Å². The first kappa shape index (κ1) is 12.1. The van der Waals surface area contributed by atoms with Gasteiger partial charge < -0.3 is 0 Å². The molecule has 3 fully saturated rings. The lowest BCUT2D eigenvalue weighted by molar-refractivity contribution is 0.148. The van der Waals surface area contributed by atoms with E-state index >= 15 is 0 Å². The van der Waals surface area contributed by atoms with E-state index in [2.05, 4.69) is 36.4 Å². The summed E-state index contributed by atoms with van der Waals surface area (Å²) >= 11 is 1.90. The number of likely N-dealkylation sites (tertiary alicyclic amines) is 1. The van der Waals surface area contributed by atoms with Gasteiger partial charge in [0.1, 0.15) is 0 Å². The molecule has 0 amide bonds. The highest BCUT2D eigenvalue weighted by Gasteiger charge is 2.76. The lowest BCUT2D eigenvalue weighted by Crippen LogP contribution is -2.44. The van der Waals surface area contributed by atoms with Gasteiger partial charge in [0.2, 0.25) is 0 Å². The number of fused-ring (bicyclic) bond motifs is 2. The van der Waals surface area contributed by atoms with Crippen molar-refractivity contribution in [2.75, 3.05) is 13.3 Å². The SMILES string of the molecule is CSc1ccc2c(c1)[C@]13CCCC[C@@H]1[C@H]1N(C)C1(C2)C3. The van der Waals surface area contributed by atoms with Crippen molar-refractivity contribution in [2.45, 2.75) is 60.4 Å². The molecule has 1 saturated heterocycles. The first-order chi connectivity index (χ1) is 9.71. The minimum atomic E-state index is 0.550. The van der Waals surface area contributed by atoms with Crippen LogP contribution in [0, 0.1) is 5.92 Å². The van der Waals surface area contributed by atoms with Gasteiger partial charge in [-0.2, -0.15) is 0 Å². The normalized spacial score (nSPS) is 47.4. The van der Waals surface area contributed by atoms with Crippen molar-refractivity contribution >= 4 is 11.8 Å². The molecular weight excluding hydrogens is 262 g/mol. The minimum absolute atomic E-state index is 0.550. The summed E-state index contributed by atoms with van der Waals surface area (Å²) in [6, 6.07) is 8.24. The summed E-state index contributed by atoms with van der Waals surface area (Å²) < 4.78 is 0. The fraction of sp³-hybridized carbons (Fsp3) is 0.667. The predicted molar refractivity (Wildman–Crippen MR) is 84.5 cm³/mol. The van der Waals surface area contributed by atoms with E-state index in [0.29, 0.717) is 11.0 Å². The Hall–Kier alpha value is -0.470. The maximum absolute atomic E-state index is 2.71. The maximum atomic E-state index is 2.71. The number of nitrogens with zero attached hydrogens (tertiary/aromatic N) is 1. The van der Waals surface area contributed by atoms with Gasteiger partial charge in [-0.3, -0.25) is 4.90 Å². The Kier molecular flexibility index (Phi) is 2.21. The van der Waals surface area contributed by atoms with Crippen LogP contribution in [0.4, 0.5) is 0 Å². The van der Waals surface area contributed by atoms with Gasteiger partial charge in [0.15, 0.2) is 0 Å². The van der Waals surface area contributed by atoms with Crippen LogP contribution in [0.1, 0.15) is 43.2 Å². The van der Waals surface area contributed by atoms with E-state index < -0.39 is 0 Å². The Balaban J connectivity index is 1.72. The Morgan fingerprint density at radius 3 is 3.05 bits per heavy atom. The Bertz CT molecular complexity index is 597. The summed E-state index contributed by atoms with van der Waals surface area (Å²) in [6.07, 6.45) is 10.8. The second-order valence-corrected chi connectivity index (χ2v) is 8.42. The van der Waals surface area contributed by atoms with E-state index in [4.69, 9.17) is 0 Å². The van der Waals surface area contributed by atoms with Crippen LogP contribution < -0.4 is 0 Å². The largest absolute Gasteiger partial charge is 0.294 e. The lowest BCUT2D eigenvalue weighted by atomic mass is 9.60. The van der Waals surface area contributed by atoms with Gasteiger partial charge >= 0.3 is 0 Å². The predicted octanol–water partition coefficient (Wildman–Crippen LogP) is 3.85. The van der Waals surface area contributed by atoms with Crippen molar-refractivity contribution in [3.63, 3.8) is 0 Å². The second-order valence-electron chi connectivity index (χ2n) is 7.54. The van der Waals surface area contributed by atoms with Gasteiger partial charge in [-0.25, -0.2) is 0 Å². The molecule has 1 aromatic rings. The van der Waals surface area contributed by atoms with Gasteiger partial charge in [0, 0.05) is 21.9 Å². The van der Waals surface area contributed by atoms with Crippen LogP contribution in [-0.2, 0) is 11.8 Å². The van der Waals surface area contributed by atoms with Crippen LogP contribution >= 0.6 is 11.8 Å². The fourth-order valence-corrected chi connectivity index (χ4v) is 6.71. The molecule has 0 radical (unpaired) electrons. The smallest absolute Gasteiger partial charge is 0.0417 e. The molecule has 1 heterocycles. The Labute approximate surface area is 126 Å². The monoisotopic (exact) mass is 285 g/mol. The summed E-state index contributed by atoms with van der Waals surface area (Å²) in [5.41, 5.74) is 4.53. The van der Waals surface area contributed by atoms with E-state index in [-0.39, 0.29) is 0 Å². The second kappa shape index (κ2) is 3.64. The molecule has 3 aliphatic carbocycles. The minimum Gasteiger partial charge on any atom is -0.294 e. The van der Waals surface area contributed by atoms with Gasteiger partial charge in [0.05, 0.1) is 0 Å². The number of rotatable bonds is 1. The molecule has 2 heteroatoms. The van der Waals surface area contributed by atoms with Crippen LogP contribution in [0.3, 0.4) is 0 Å². The fourth-order valence-electron chi connectivity index (χ4n) is 6.27. The molecule has 2 unspecified atom stereocenters. The Morgan fingerprint density at radius 2 is 2.20 bits per heavy atom. The van der Waals surface area contributed by atoms with Gasteiger partial charge in [-0.15, -0.1) is 11.8 Å². The van der Waals surface area contributed by atoms with Crippen LogP contribution in [0.25, 0.3) is 0 Å². The van der Waals surface area contributed by atoms with E-state index in [1.165, 1.54) is 43.4 Å². The first-order valence-corrected chi connectivity index (χ1v) is 9.34. The van der Waals surface area contributed by atoms with Crippen molar-refractivity contribution < 1.29 is 0 Å². The van der Waals surface area contributed by atoms with Crippen molar-refractivity contribution in [1.29, 1.82) is 0 Å². The van der Waals surface area contributed by atoms with E-state index in [9.17, 15) is 0 Å². The number of thioether (sulfide) groups is 1. The highest BCUT2D eigenvalue weighted by molar-refractivity contribution is 7.98. The maximum Gasteiger partial charge on any atom is 0.0417 e. The lowest BCUT2D eigenvalue weighted by Gasteiger charge is -2.47. The molecule has 2 saturated carbocycles. The quantitative estimate of drug-likeness (QED) is 0.569. The molecule has 5 atom stereocenters. The molecule has 1 nitrogen and oxygen atoms in total. The van der Waals surface area contributed by atoms with E-state index in [0.717, 1.165) is 12.0 Å². The molecule has 20 heavy (non-hydrogen) atoms. The topological polar surface area (TPSA) is 3.01 Å². The summed E-state index contributed by atoms with van der Waals surface area (Å²) in [7, 11) is 2.38. The highest BCUT2D eigenvalue weighted by atomic mass is 32.2. The molecule has 0 N–H and O–H groups in total. The van der Waals surface area contributed by atoms with E-state index in [1.54, 1.807) is 11.1 Å². The number of likely N-dealkylation sites (N-methyl/N-ethyl adjacent to an activating group) is 1. The number of piperidine rings is 1. The standard InChI is InChI=1S/C18H23NS/c1-19-16-14-5-3-4-8-17(14)11-18(16,19)10-12-6-7-13(20-2)9-15(12)17/h6-7,9,14,16H,3-5,8,10-11H2,1-2H3/t14-,16-,17+,18?,19?/m1/s1. The summed E-state index contributed by atoms with van der Waals surface area (Å²) in [6.45, 7) is 0. The number of hydrogen-bond acceptors (Lipinski definition) is 2. The highest BCUT2D eigenvalue weighted by Crippen LogP contribution is 2.71. The van der Waals surface area contributed by atoms with Crippen LogP contribution in [0.2, 0.25) is 0 Å². The van der Waals surface area contributed by atoms with E-state index in [1.807, 2.05) is 11.8 Å². The third kappa shape index (κ3) is 1.19. The zero-order valence-electron chi connectivity index (χ0n) is 12.5. The van der Waals surface area contributed by atoms with Gasteiger partial charge in [0.25, 0.3) is 0 Å². The van der Waals surface area contributed by atoms with Crippen molar-refractivity contribution in [1.82, 2.24) is 4.90 Å². The molecule has 4 aliphatic rings. The first-order valence-electron chi connectivity index (χ1n) is 8.12. The summed E-state index contributed by atoms with van der Waals surface area (Å²) in [4.78, 5) is 4.18. The molecule has 2 bridgehead atoms. The number of benzene rings is 1. The van der Waals surface area contributed by atoms with Crippen molar-refractivity contribution in [3.8, 4) is 0 Å². The van der Waals surface area contributed by atoms with Crippen molar-refractivity contribution in [3.05, 3.63) is 29.3 Å². The molecule has 5 rings (SSSR count). The average Bonchev–Trinajstić information content (AvgIpc) is 2.91. The number of hydrogen-bond donors (Lipinski definition) is 0. The zero-order chi connectivity index (χ0) is 13.5.